The molecule has 1 aromatic heterocycles. The molecule has 1 rings (SSSR count). The van der Waals surface area contributed by atoms with E-state index in [0.717, 1.165) is 5.56 Å². The third kappa shape index (κ3) is 1.33. The zero-order chi connectivity index (χ0) is 7.56. The van der Waals surface area contributed by atoms with Crippen LogP contribution in [0.15, 0.2) is 18.5 Å². The molecule has 1 aromatic rings. The highest BCUT2D eigenvalue weighted by Gasteiger charge is 2.00. The van der Waals surface area contributed by atoms with Gasteiger partial charge < -0.3 is 5.73 Å². The van der Waals surface area contributed by atoms with Gasteiger partial charge in [-0.2, -0.15) is 0 Å². The average Bonchev–Trinajstić information content (AvgIpc) is 1.88. The highest BCUT2D eigenvalue weighted by molar-refractivity contribution is 5.23. The Bertz CT molecular complexity index is 218. The third-order valence-corrected chi connectivity index (χ3v) is 1.57. The fourth-order valence-corrected chi connectivity index (χ4v) is 0.953. The number of nitrogens with two attached hydrogens (primary N) is 1. The Hall–Kier alpha value is -0.890. The quantitative estimate of drug-likeness (QED) is 0.634. The van der Waals surface area contributed by atoms with Crippen molar-refractivity contribution in [2.45, 2.75) is 19.9 Å². The number of aromatic nitrogens is 1. The average molecular weight is 136 g/mol. The lowest BCUT2D eigenvalue weighted by atomic mass is 10.1. The Balaban J connectivity index is 3.03. The number of hydrogen-bond acceptors (Lipinski definition) is 2. The van der Waals surface area contributed by atoms with Crippen LogP contribution in [-0.2, 0) is 0 Å². The molecule has 0 aliphatic carbocycles. The Morgan fingerprint density at radius 1 is 1.60 bits per heavy atom. The summed E-state index contributed by atoms with van der Waals surface area (Å²) in [4.78, 5) is 3.99. The highest BCUT2D eigenvalue weighted by Crippen LogP contribution is 2.11. The minimum absolute atomic E-state index is 0.0914. The lowest BCUT2D eigenvalue weighted by molar-refractivity contribution is 0.803. The zero-order valence-electron chi connectivity index (χ0n) is 6.33. The number of aryl methyl sites for hydroxylation is 1. The van der Waals surface area contributed by atoms with Crippen molar-refractivity contribution in [2.24, 2.45) is 5.73 Å². The van der Waals surface area contributed by atoms with Crippen molar-refractivity contribution in [3.05, 3.63) is 29.6 Å². The molecule has 0 saturated carbocycles. The summed E-state index contributed by atoms with van der Waals surface area (Å²) < 4.78 is 0. The second-order valence-electron chi connectivity index (χ2n) is 2.52. The van der Waals surface area contributed by atoms with Gasteiger partial charge in [-0.15, -0.1) is 0 Å². The van der Waals surface area contributed by atoms with Crippen molar-refractivity contribution in [1.82, 2.24) is 4.98 Å². The molecule has 0 amide bonds. The van der Waals surface area contributed by atoms with Crippen LogP contribution < -0.4 is 5.73 Å². The lowest BCUT2D eigenvalue weighted by Gasteiger charge is -2.06. The second-order valence-corrected chi connectivity index (χ2v) is 2.52. The lowest BCUT2D eigenvalue weighted by Crippen LogP contribution is -2.06. The Labute approximate surface area is 61.1 Å². The van der Waals surface area contributed by atoms with Crippen molar-refractivity contribution in [3.8, 4) is 0 Å². The van der Waals surface area contributed by atoms with E-state index in [-0.39, 0.29) is 6.04 Å². The summed E-state index contributed by atoms with van der Waals surface area (Å²) in [6, 6.07) is 2.06. The molecule has 2 heteroatoms. The van der Waals surface area contributed by atoms with Gasteiger partial charge in [0.05, 0.1) is 0 Å². The van der Waals surface area contributed by atoms with Gasteiger partial charge in [-0.05, 0) is 31.0 Å². The number of rotatable bonds is 1. The molecule has 0 saturated heterocycles. The minimum Gasteiger partial charge on any atom is -0.324 e. The molecule has 0 spiro atoms. The first kappa shape index (κ1) is 7.22. The van der Waals surface area contributed by atoms with Crippen LogP contribution in [0.25, 0.3) is 0 Å². The van der Waals surface area contributed by atoms with Crippen molar-refractivity contribution < 1.29 is 0 Å². The number of hydrogen-bond donors (Lipinski definition) is 1. The van der Waals surface area contributed by atoms with Crippen molar-refractivity contribution in [3.63, 3.8) is 0 Å². The normalized spacial score (nSPS) is 13.1. The molecular weight excluding hydrogens is 124 g/mol. The van der Waals surface area contributed by atoms with Crippen LogP contribution in [0.2, 0.25) is 0 Å². The van der Waals surface area contributed by atoms with E-state index in [4.69, 9.17) is 5.73 Å². The summed E-state index contributed by atoms with van der Waals surface area (Å²) in [5, 5.41) is 0. The largest absolute Gasteiger partial charge is 0.324 e. The molecule has 2 N–H and O–H groups in total. The summed E-state index contributed by atoms with van der Waals surface area (Å²) in [5.41, 5.74) is 8.01. The SMILES string of the molecule is Cc1ccncc1[C@@H](C)N. The summed E-state index contributed by atoms with van der Waals surface area (Å²) in [6.45, 7) is 4.00. The monoisotopic (exact) mass is 136 g/mol. The molecule has 1 atom stereocenters. The van der Waals surface area contributed by atoms with Gasteiger partial charge >= 0.3 is 0 Å². The van der Waals surface area contributed by atoms with Crippen LogP contribution in [0.4, 0.5) is 0 Å². The predicted octanol–water partition coefficient (Wildman–Crippen LogP) is 1.41. The van der Waals surface area contributed by atoms with Gasteiger partial charge in [0, 0.05) is 18.4 Å². The molecule has 54 valence electrons. The van der Waals surface area contributed by atoms with Gasteiger partial charge in [-0.25, -0.2) is 0 Å². The maximum absolute atomic E-state index is 5.67. The zero-order valence-corrected chi connectivity index (χ0v) is 6.33. The number of pyridine rings is 1. The molecule has 0 fully saturated rings. The van der Waals surface area contributed by atoms with Crippen LogP contribution in [0.5, 0.6) is 0 Å². The third-order valence-electron chi connectivity index (χ3n) is 1.57. The maximum Gasteiger partial charge on any atom is 0.0318 e. The van der Waals surface area contributed by atoms with Gasteiger partial charge in [-0.1, -0.05) is 0 Å². The maximum atomic E-state index is 5.67. The second kappa shape index (κ2) is 2.80. The van der Waals surface area contributed by atoms with Crippen molar-refractivity contribution >= 4 is 0 Å². The summed E-state index contributed by atoms with van der Waals surface area (Å²) in [6.07, 6.45) is 3.60. The van der Waals surface area contributed by atoms with Crippen molar-refractivity contribution in [1.29, 1.82) is 0 Å². The molecule has 0 aromatic carbocycles. The first-order valence-corrected chi connectivity index (χ1v) is 3.38. The molecule has 0 bridgehead atoms. The van der Waals surface area contributed by atoms with Gasteiger partial charge in [0.25, 0.3) is 0 Å². The highest BCUT2D eigenvalue weighted by atomic mass is 14.7. The summed E-state index contributed by atoms with van der Waals surface area (Å²) in [5.74, 6) is 0. The molecule has 10 heavy (non-hydrogen) atoms. The topological polar surface area (TPSA) is 38.9 Å². The molecule has 0 aliphatic heterocycles. The van der Waals surface area contributed by atoms with E-state index >= 15 is 0 Å². The Kier molecular flexibility index (Phi) is 2.02. The van der Waals surface area contributed by atoms with E-state index in [2.05, 4.69) is 4.98 Å². The number of nitrogens with zero attached hydrogens (tertiary/aromatic N) is 1. The Morgan fingerprint density at radius 3 is 2.70 bits per heavy atom. The molecular formula is C8H12N2. The standard InChI is InChI=1S/C8H12N2/c1-6-3-4-10-5-8(6)7(2)9/h3-5,7H,9H2,1-2H3/t7-/m1/s1. The van der Waals surface area contributed by atoms with E-state index in [1.807, 2.05) is 26.1 Å². The smallest absolute Gasteiger partial charge is 0.0318 e. The van der Waals surface area contributed by atoms with E-state index < -0.39 is 0 Å². The fraction of sp³-hybridized carbons (Fsp3) is 0.375. The van der Waals surface area contributed by atoms with Crippen LogP contribution in [-0.4, -0.2) is 4.98 Å². The summed E-state index contributed by atoms with van der Waals surface area (Å²) in [7, 11) is 0. The first-order chi connectivity index (χ1) is 4.72. The predicted molar refractivity (Wildman–Crippen MR) is 41.6 cm³/mol. The molecule has 0 aliphatic rings. The van der Waals surface area contributed by atoms with Crippen LogP contribution in [0, 0.1) is 6.92 Å². The van der Waals surface area contributed by atoms with E-state index in [1.54, 1.807) is 6.20 Å². The molecule has 0 unspecified atom stereocenters. The van der Waals surface area contributed by atoms with Gasteiger partial charge in [0.15, 0.2) is 0 Å². The molecule has 0 radical (unpaired) electrons. The van der Waals surface area contributed by atoms with E-state index in [1.165, 1.54) is 5.56 Å². The van der Waals surface area contributed by atoms with Crippen LogP contribution in [0.1, 0.15) is 24.1 Å². The van der Waals surface area contributed by atoms with Gasteiger partial charge in [0.2, 0.25) is 0 Å². The van der Waals surface area contributed by atoms with E-state index in [0.29, 0.717) is 0 Å². The fourth-order valence-electron chi connectivity index (χ4n) is 0.953. The first-order valence-electron chi connectivity index (χ1n) is 3.38. The molecule has 2 nitrogen and oxygen atoms in total. The van der Waals surface area contributed by atoms with Crippen LogP contribution in [0.3, 0.4) is 0 Å². The molecule has 1 heterocycles. The van der Waals surface area contributed by atoms with Gasteiger partial charge in [0.1, 0.15) is 0 Å². The summed E-state index contributed by atoms with van der Waals surface area (Å²) >= 11 is 0. The van der Waals surface area contributed by atoms with Crippen molar-refractivity contribution in [2.75, 3.05) is 0 Å². The van der Waals surface area contributed by atoms with Crippen LogP contribution >= 0.6 is 0 Å². The minimum atomic E-state index is 0.0914. The Morgan fingerprint density at radius 2 is 2.30 bits per heavy atom. The van der Waals surface area contributed by atoms with Gasteiger partial charge in [-0.3, -0.25) is 4.98 Å². The van der Waals surface area contributed by atoms with E-state index in [9.17, 15) is 0 Å².